The van der Waals surface area contributed by atoms with Gasteiger partial charge in [0.25, 0.3) is 0 Å². The third kappa shape index (κ3) is 4.29. The third-order valence-corrected chi connectivity index (χ3v) is 3.37. The molecule has 0 aliphatic carbocycles. The fraction of sp³-hybridized carbons (Fsp3) is 0.188. The predicted molar refractivity (Wildman–Crippen MR) is 91.8 cm³/mol. The van der Waals surface area contributed by atoms with Crippen molar-refractivity contribution in [1.29, 1.82) is 0 Å². The molecule has 2 aromatic rings. The largest absolute Gasteiger partial charge is 0.497 e. The first-order valence-corrected chi connectivity index (χ1v) is 7.44. The lowest BCUT2D eigenvalue weighted by atomic mass is 10.2. The van der Waals surface area contributed by atoms with E-state index in [0.717, 1.165) is 17.0 Å². The van der Waals surface area contributed by atoms with Crippen molar-refractivity contribution in [3.63, 3.8) is 0 Å². The average molecular weight is 339 g/mol. The highest BCUT2D eigenvalue weighted by atomic mass is 35.5. The van der Waals surface area contributed by atoms with E-state index in [1.165, 1.54) is 0 Å². The van der Waals surface area contributed by atoms with Gasteiger partial charge in [-0.1, -0.05) is 23.2 Å². The number of hydrogen-bond acceptors (Lipinski definition) is 4. The van der Waals surface area contributed by atoms with Gasteiger partial charge in [-0.15, -0.1) is 0 Å². The summed E-state index contributed by atoms with van der Waals surface area (Å²) in [5.74, 6) is 1.28. The molecular weight excluding hydrogens is 323 g/mol. The monoisotopic (exact) mass is 338 g/mol. The van der Waals surface area contributed by atoms with Gasteiger partial charge in [-0.3, -0.25) is 5.43 Å². The summed E-state index contributed by atoms with van der Waals surface area (Å²) in [6, 6.07) is 10.9. The maximum Gasteiger partial charge on any atom is 0.156 e. The van der Waals surface area contributed by atoms with Crippen molar-refractivity contribution in [3.05, 3.63) is 52.0 Å². The molecule has 0 heterocycles. The van der Waals surface area contributed by atoms with Gasteiger partial charge < -0.3 is 9.47 Å². The number of halogens is 2. The SMILES string of the molecule is CCOc1c(Cl)cc(/C=N/Nc2ccc(OC)cc2)cc1Cl. The van der Waals surface area contributed by atoms with Gasteiger partial charge >= 0.3 is 0 Å². The molecule has 0 aromatic heterocycles. The van der Waals surface area contributed by atoms with Crippen molar-refractivity contribution in [2.75, 3.05) is 19.1 Å². The topological polar surface area (TPSA) is 42.8 Å². The van der Waals surface area contributed by atoms with E-state index in [2.05, 4.69) is 10.5 Å². The van der Waals surface area contributed by atoms with Gasteiger partial charge in [-0.05, 0) is 48.9 Å². The summed E-state index contributed by atoms with van der Waals surface area (Å²) >= 11 is 12.3. The van der Waals surface area contributed by atoms with Crippen LogP contribution < -0.4 is 14.9 Å². The second-order valence-electron chi connectivity index (χ2n) is 4.35. The lowest BCUT2D eigenvalue weighted by Crippen LogP contribution is -1.95. The van der Waals surface area contributed by atoms with Crippen LogP contribution in [0.3, 0.4) is 0 Å². The number of ether oxygens (including phenoxy) is 2. The minimum Gasteiger partial charge on any atom is -0.497 e. The Kier molecular flexibility index (Phi) is 5.92. The summed E-state index contributed by atoms with van der Waals surface area (Å²) in [6.07, 6.45) is 1.64. The molecule has 116 valence electrons. The summed E-state index contributed by atoms with van der Waals surface area (Å²) in [5, 5.41) is 5.07. The molecule has 0 saturated heterocycles. The summed E-state index contributed by atoms with van der Waals surface area (Å²) in [4.78, 5) is 0. The van der Waals surface area contributed by atoms with E-state index >= 15 is 0 Å². The van der Waals surface area contributed by atoms with Crippen LogP contribution in [0.15, 0.2) is 41.5 Å². The average Bonchev–Trinajstić information content (AvgIpc) is 2.51. The van der Waals surface area contributed by atoms with Crippen LogP contribution in [0.4, 0.5) is 5.69 Å². The standard InChI is InChI=1S/C16H16Cl2N2O2/c1-3-22-16-14(17)8-11(9-15(16)18)10-19-20-12-4-6-13(21-2)7-5-12/h4-10,20H,3H2,1-2H3/b19-10+. The first-order valence-electron chi connectivity index (χ1n) is 6.69. The zero-order valence-electron chi connectivity index (χ0n) is 12.3. The Labute approximate surface area is 139 Å². The van der Waals surface area contributed by atoms with Crippen molar-refractivity contribution < 1.29 is 9.47 Å². The van der Waals surface area contributed by atoms with E-state index in [4.69, 9.17) is 32.7 Å². The second-order valence-corrected chi connectivity index (χ2v) is 5.16. The molecule has 0 unspecified atom stereocenters. The van der Waals surface area contributed by atoms with Crippen molar-refractivity contribution in [3.8, 4) is 11.5 Å². The van der Waals surface area contributed by atoms with Gasteiger partial charge in [0, 0.05) is 0 Å². The maximum atomic E-state index is 6.14. The molecule has 0 atom stereocenters. The highest BCUT2D eigenvalue weighted by Crippen LogP contribution is 2.33. The van der Waals surface area contributed by atoms with Crippen molar-refractivity contribution in [2.24, 2.45) is 5.10 Å². The number of nitrogens with zero attached hydrogens (tertiary/aromatic N) is 1. The number of hydrazone groups is 1. The number of benzene rings is 2. The van der Waals surface area contributed by atoms with Crippen molar-refractivity contribution >= 4 is 35.1 Å². The van der Waals surface area contributed by atoms with Gasteiger partial charge in [0.2, 0.25) is 0 Å². The van der Waals surface area contributed by atoms with E-state index in [0.29, 0.717) is 22.4 Å². The van der Waals surface area contributed by atoms with Crippen molar-refractivity contribution in [1.82, 2.24) is 0 Å². The maximum absolute atomic E-state index is 6.14. The smallest absolute Gasteiger partial charge is 0.156 e. The second kappa shape index (κ2) is 7.92. The summed E-state index contributed by atoms with van der Waals surface area (Å²) in [6.45, 7) is 2.38. The minimum absolute atomic E-state index is 0.459. The van der Waals surface area contributed by atoms with Crippen LogP contribution in [0, 0.1) is 0 Å². The van der Waals surface area contributed by atoms with Gasteiger partial charge in [0.15, 0.2) is 5.75 Å². The molecule has 0 spiro atoms. The number of nitrogens with one attached hydrogen (secondary N) is 1. The quantitative estimate of drug-likeness (QED) is 0.604. The zero-order chi connectivity index (χ0) is 15.9. The highest BCUT2D eigenvalue weighted by Gasteiger charge is 2.08. The number of anilines is 1. The molecule has 0 aliphatic rings. The number of rotatable bonds is 6. The molecule has 0 aliphatic heterocycles. The highest BCUT2D eigenvalue weighted by molar-refractivity contribution is 6.37. The first-order chi connectivity index (χ1) is 10.6. The van der Waals surface area contributed by atoms with Crippen LogP contribution in [-0.2, 0) is 0 Å². The lowest BCUT2D eigenvalue weighted by molar-refractivity contribution is 0.340. The van der Waals surface area contributed by atoms with Gasteiger partial charge in [0.05, 0.1) is 35.7 Å². The van der Waals surface area contributed by atoms with E-state index < -0.39 is 0 Å². The molecule has 0 radical (unpaired) electrons. The Bertz CT molecular complexity index is 635. The molecule has 1 N–H and O–H groups in total. The molecule has 4 nitrogen and oxygen atoms in total. The normalized spacial score (nSPS) is 10.7. The van der Waals surface area contributed by atoms with Gasteiger partial charge in [-0.2, -0.15) is 5.10 Å². The fourth-order valence-corrected chi connectivity index (χ4v) is 2.40. The Morgan fingerprint density at radius 3 is 2.32 bits per heavy atom. The Balaban J connectivity index is 2.06. The van der Waals surface area contributed by atoms with Crippen LogP contribution in [-0.4, -0.2) is 19.9 Å². The first kappa shape index (κ1) is 16.5. The molecule has 0 fully saturated rings. The van der Waals surface area contributed by atoms with Crippen LogP contribution in [0.1, 0.15) is 12.5 Å². The molecule has 0 amide bonds. The summed E-state index contributed by atoms with van der Waals surface area (Å²) in [7, 11) is 1.62. The van der Waals surface area contributed by atoms with E-state index in [9.17, 15) is 0 Å². The zero-order valence-corrected chi connectivity index (χ0v) is 13.8. The Morgan fingerprint density at radius 1 is 1.14 bits per heavy atom. The molecule has 22 heavy (non-hydrogen) atoms. The molecule has 2 rings (SSSR count). The van der Waals surface area contributed by atoms with Gasteiger partial charge in [-0.25, -0.2) is 0 Å². The number of hydrogen-bond donors (Lipinski definition) is 1. The predicted octanol–water partition coefficient (Wildman–Crippen LogP) is 4.85. The molecule has 6 heteroatoms. The fourth-order valence-electron chi connectivity index (χ4n) is 1.78. The van der Waals surface area contributed by atoms with E-state index in [1.807, 2.05) is 31.2 Å². The summed E-state index contributed by atoms with van der Waals surface area (Å²) in [5.41, 5.74) is 4.54. The molecule has 0 bridgehead atoms. The lowest BCUT2D eigenvalue weighted by Gasteiger charge is -2.08. The van der Waals surface area contributed by atoms with E-state index in [1.54, 1.807) is 25.5 Å². The summed E-state index contributed by atoms with van der Waals surface area (Å²) < 4.78 is 10.5. The molecule has 0 saturated carbocycles. The minimum atomic E-state index is 0.459. The third-order valence-electron chi connectivity index (χ3n) is 2.81. The Hall–Kier alpha value is -1.91. The van der Waals surface area contributed by atoms with Crippen LogP contribution in [0.25, 0.3) is 0 Å². The Morgan fingerprint density at radius 2 is 1.77 bits per heavy atom. The molecule has 2 aromatic carbocycles. The van der Waals surface area contributed by atoms with Crippen LogP contribution in [0.2, 0.25) is 10.0 Å². The van der Waals surface area contributed by atoms with Crippen molar-refractivity contribution in [2.45, 2.75) is 6.92 Å². The molecular formula is C16H16Cl2N2O2. The van der Waals surface area contributed by atoms with Gasteiger partial charge in [0.1, 0.15) is 5.75 Å². The number of methoxy groups -OCH3 is 1. The van der Waals surface area contributed by atoms with Crippen LogP contribution >= 0.6 is 23.2 Å². The van der Waals surface area contributed by atoms with Crippen LogP contribution in [0.5, 0.6) is 11.5 Å². The van der Waals surface area contributed by atoms with E-state index in [-0.39, 0.29) is 0 Å².